The summed E-state index contributed by atoms with van der Waals surface area (Å²) in [6.07, 6.45) is 3.87. The quantitative estimate of drug-likeness (QED) is 0.829. The van der Waals surface area contributed by atoms with Gasteiger partial charge in [-0.25, -0.2) is 14.3 Å². The zero-order valence-corrected chi connectivity index (χ0v) is 8.84. The van der Waals surface area contributed by atoms with Gasteiger partial charge in [-0.1, -0.05) is 0 Å². The second-order valence-corrected chi connectivity index (χ2v) is 4.21. The molecule has 5 heteroatoms. The van der Waals surface area contributed by atoms with E-state index in [9.17, 15) is 4.79 Å². The number of rotatable bonds is 2. The Bertz CT molecular complexity index is 584. The third-order valence-electron chi connectivity index (χ3n) is 2.88. The van der Waals surface area contributed by atoms with Gasteiger partial charge in [0.05, 0.1) is 5.69 Å². The zero-order valence-electron chi connectivity index (χ0n) is 8.84. The maximum atomic E-state index is 11.1. The van der Waals surface area contributed by atoms with Gasteiger partial charge in [0.2, 0.25) is 0 Å². The average molecular weight is 217 g/mol. The number of aryl methyl sites for hydroxylation is 1. The first-order valence-electron chi connectivity index (χ1n) is 5.25. The van der Waals surface area contributed by atoms with Gasteiger partial charge in [0, 0.05) is 23.7 Å². The van der Waals surface area contributed by atoms with Crippen molar-refractivity contribution in [2.75, 3.05) is 0 Å². The summed E-state index contributed by atoms with van der Waals surface area (Å²) in [6.45, 7) is 1.73. The number of carboxylic acids is 1. The summed E-state index contributed by atoms with van der Waals surface area (Å²) in [4.78, 5) is 15.3. The molecule has 0 saturated heterocycles. The molecule has 0 bridgehead atoms. The average Bonchev–Trinajstić information content (AvgIpc) is 2.98. The fraction of sp³-hybridized carbons (Fsp3) is 0.364. The summed E-state index contributed by atoms with van der Waals surface area (Å²) >= 11 is 0. The molecule has 16 heavy (non-hydrogen) atoms. The minimum Gasteiger partial charge on any atom is -0.476 e. The maximum absolute atomic E-state index is 11.1. The Kier molecular flexibility index (Phi) is 1.77. The van der Waals surface area contributed by atoms with Crippen LogP contribution in [0.2, 0.25) is 0 Å². The Balaban J connectivity index is 2.28. The van der Waals surface area contributed by atoms with Gasteiger partial charge in [-0.2, -0.15) is 5.10 Å². The van der Waals surface area contributed by atoms with E-state index in [2.05, 4.69) is 10.1 Å². The van der Waals surface area contributed by atoms with Crippen molar-refractivity contribution in [1.82, 2.24) is 14.6 Å². The van der Waals surface area contributed by atoms with Crippen molar-refractivity contribution in [3.05, 3.63) is 29.2 Å². The van der Waals surface area contributed by atoms with Crippen LogP contribution < -0.4 is 0 Å². The summed E-state index contributed by atoms with van der Waals surface area (Å²) in [5, 5.41) is 13.5. The number of carboxylic acid groups (broad SMARTS) is 1. The molecule has 5 nitrogen and oxygen atoms in total. The highest BCUT2D eigenvalue weighted by atomic mass is 16.4. The van der Waals surface area contributed by atoms with Crippen molar-refractivity contribution in [3.63, 3.8) is 0 Å². The van der Waals surface area contributed by atoms with Gasteiger partial charge < -0.3 is 5.11 Å². The van der Waals surface area contributed by atoms with Crippen LogP contribution in [-0.2, 0) is 0 Å². The van der Waals surface area contributed by atoms with Crippen LogP contribution in [0.4, 0.5) is 0 Å². The Morgan fingerprint density at radius 1 is 1.56 bits per heavy atom. The Labute approximate surface area is 91.7 Å². The van der Waals surface area contributed by atoms with Gasteiger partial charge in [-0.15, -0.1) is 0 Å². The smallest absolute Gasteiger partial charge is 0.354 e. The van der Waals surface area contributed by atoms with E-state index in [1.807, 2.05) is 6.07 Å². The Morgan fingerprint density at radius 3 is 2.94 bits per heavy atom. The number of carbonyl (C=O) groups is 1. The molecule has 0 spiro atoms. The molecule has 1 N–H and O–H groups in total. The van der Waals surface area contributed by atoms with Gasteiger partial charge in [0.1, 0.15) is 0 Å². The van der Waals surface area contributed by atoms with Gasteiger partial charge >= 0.3 is 5.97 Å². The molecule has 1 aliphatic rings. The minimum absolute atomic E-state index is 0.205. The first kappa shape index (κ1) is 9.33. The van der Waals surface area contributed by atoms with Crippen LogP contribution in [0.15, 0.2) is 12.3 Å². The van der Waals surface area contributed by atoms with E-state index in [0.717, 1.165) is 18.5 Å². The lowest BCUT2D eigenvalue weighted by Gasteiger charge is -2.02. The molecule has 0 radical (unpaired) electrons. The summed E-state index contributed by atoms with van der Waals surface area (Å²) < 4.78 is 1.44. The normalized spacial score (nSPS) is 15.6. The molecule has 0 amide bonds. The minimum atomic E-state index is -0.963. The largest absolute Gasteiger partial charge is 0.476 e. The van der Waals surface area contributed by atoms with E-state index in [4.69, 9.17) is 5.11 Å². The summed E-state index contributed by atoms with van der Waals surface area (Å²) in [7, 11) is 0. The highest BCUT2D eigenvalue weighted by Crippen LogP contribution is 2.39. The number of nitrogens with zero attached hydrogens (tertiary/aromatic N) is 3. The summed E-state index contributed by atoms with van der Waals surface area (Å²) in [6, 6.07) is 1.88. The van der Waals surface area contributed by atoms with Crippen molar-refractivity contribution in [3.8, 4) is 0 Å². The molecule has 0 aliphatic heterocycles. The first-order chi connectivity index (χ1) is 7.66. The maximum Gasteiger partial charge on any atom is 0.354 e. The van der Waals surface area contributed by atoms with Crippen LogP contribution in [0.25, 0.3) is 5.65 Å². The van der Waals surface area contributed by atoms with E-state index in [1.165, 1.54) is 4.52 Å². The number of hydrogen-bond acceptors (Lipinski definition) is 3. The van der Waals surface area contributed by atoms with Crippen molar-refractivity contribution < 1.29 is 9.90 Å². The lowest BCUT2D eigenvalue weighted by molar-refractivity contribution is 0.0686. The number of fused-ring (bicyclic) bond motifs is 1. The van der Waals surface area contributed by atoms with Crippen molar-refractivity contribution in [2.45, 2.75) is 25.7 Å². The molecule has 0 atom stereocenters. The SMILES string of the molecule is Cc1cnc2cc(C3CC3)nn2c1C(=O)O. The Hall–Kier alpha value is -1.91. The molecule has 82 valence electrons. The van der Waals surface area contributed by atoms with Crippen LogP contribution in [0, 0.1) is 6.92 Å². The topological polar surface area (TPSA) is 67.5 Å². The predicted molar refractivity (Wildman–Crippen MR) is 56.7 cm³/mol. The third-order valence-corrected chi connectivity index (χ3v) is 2.88. The number of aromatic nitrogens is 3. The van der Waals surface area contributed by atoms with Crippen LogP contribution in [0.3, 0.4) is 0 Å². The molecule has 3 rings (SSSR count). The molecular weight excluding hydrogens is 206 g/mol. The van der Waals surface area contributed by atoms with Crippen LogP contribution in [0.1, 0.15) is 40.5 Å². The molecule has 1 fully saturated rings. The monoisotopic (exact) mass is 217 g/mol. The Morgan fingerprint density at radius 2 is 2.31 bits per heavy atom. The van der Waals surface area contributed by atoms with Gasteiger partial charge in [-0.05, 0) is 19.8 Å². The van der Waals surface area contributed by atoms with Crippen LogP contribution in [0.5, 0.6) is 0 Å². The van der Waals surface area contributed by atoms with E-state index in [0.29, 0.717) is 17.1 Å². The molecule has 1 aliphatic carbocycles. The number of hydrogen-bond donors (Lipinski definition) is 1. The lowest BCUT2D eigenvalue weighted by Crippen LogP contribution is -2.10. The number of aromatic carboxylic acids is 1. The van der Waals surface area contributed by atoms with Crippen molar-refractivity contribution in [1.29, 1.82) is 0 Å². The van der Waals surface area contributed by atoms with Crippen molar-refractivity contribution >= 4 is 11.6 Å². The third kappa shape index (κ3) is 1.28. The van der Waals surface area contributed by atoms with Gasteiger partial charge in [0.25, 0.3) is 0 Å². The molecule has 2 heterocycles. The van der Waals surface area contributed by atoms with E-state index >= 15 is 0 Å². The highest BCUT2D eigenvalue weighted by Gasteiger charge is 2.27. The molecule has 0 aromatic carbocycles. The first-order valence-corrected chi connectivity index (χ1v) is 5.25. The second kappa shape index (κ2) is 3.04. The molecule has 1 saturated carbocycles. The standard InChI is InChI=1S/C11H11N3O2/c1-6-5-12-9-4-8(7-2-3-7)13-14(9)10(6)11(15)16/h4-5,7H,2-3H2,1H3,(H,15,16). The van der Waals surface area contributed by atoms with Gasteiger partial charge in [-0.3, -0.25) is 0 Å². The molecular formula is C11H11N3O2. The molecule has 0 unspecified atom stereocenters. The summed E-state index contributed by atoms with van der Waals surface area (Å²) in [5.74, 6) is -0.459. The molecule has 2 aromatic rings. The lowest BCUT2D eigenvalue weighted by atomic mass is 10.2. The van der Waals surface area contributed by atoms with Crippen LogP contribution in [-0.4, -0.2) is 25.7 Å². The van der Waals surface area contributed by atoms with E-state index in [1.54, 1.807) is 13.1 Å². The molecule has 2 aromatic heterocycles. The van der Waals surface area contributed by atoms with E-state index < -0.39 is 5.97 Å². The summed E-state index contributed by atoms with van der Waals surface area (Å²) in [5.41, 5.74) is 2.41. The second-order valence-electron chi connectivity index (χ2n) is 4.21. The zero-order chi connectivity index (χ0) is 11.3. The van der Waals surface area contributed by atoms with E-state index in [-0.39, 0.29) is 5.69 Å². The van der Waals surface area contributed by atoms with Gasteiger partial charge in [0.15, 0.2) is 11.3 Å². The fourth-order valence-corrected chi connectivity index (χ4v) is 1.87. The van der Waals surface area contributed by atoms with Crippen molar-refractivity contribution in [2.24, 2.45) is 0 Å². The fourth-order valence-electron chi connectivity index (χ4n) is 1.87. The predicted octanol–water partition coefficient (Wildman–Crippen LogP) is 1.61. The highest BCUT2D eigenvalue weighted by molar-refractivity contribution is 5.87. The van der Waals surface area contributed by atoms with Crippen LogP contribution >= 0.6 is 0 Å².